The third kappa shape index (κ3) is 12.7. The molecule has 9 nitrogen and oxygen atoms in total. The summed E-state index contributed by atoms with van der Waals surface area (Å²) < 4.78 is 72.1. The van der Waals surface area contributed by atoms with Crippen molar-refractivity contribution in [2.75, 3.05) is 53.4 Å². The number of ether oxygens (including phenoxy) is 6. The van der Waals surface area contributed by atoms with E-state index in [0.29, 0.717) is 64.6 Å². The van der Waals surface area contributed by atoms with Crippen LogP contribution in [0.1, 0.15) is 50.3 Å². The Hall–Kier alpha value is -3.87. The third-order valence-corrected chi connectivity index (χ3v) is 7.28. The Morgan fingerprint density at radius 3 is 2.13 bits per heavy atom. The number of nitrogens with zero attached hydrogens (tertiary/aromatic N) is 1. The second kappa shape index (κ2) is 18.5. The number of benzene rings is 2. The smallest absolute Gasteiger partial charge is 0.417 e. The van der Waals surface area contributed by atoms with Gasteiger partial charge in [0.1, 0.15) is 18.1 Å². The summed E-state index contributed by atoms with van der Waals surface area (Å²) >= 11 is 0. The fourth-order valence-corrected chi connectivity index (χ4v) is 4.63. The Bertz CT molecular complexity index is 1350. The number of hydrogen-bond acceptors (Lipinski definition) is 8. The molecule has 1 heterocycles. The summed E-state index contributed by atoms with van der Waals surface area (Å²) in [5, 5.41) is 3.05. The van der Waals surface area contributed by atoms with Gasteiger partial charge in [-0.1, -0.05) is 24.3 Å². The summed E-state index contributed by atoms with van der Waals surface area (Å²) in [6, 6.07) is 17.0. The van der Waals surface area contributed by atoms with E-state index in [-0.39, 0.29) is 17.8 Å². The SMILES string of the molecule is CCOCCOCCOCCOc1cccc(C(Cc2ccc(OC)cc2)C(C)NC(=O)C(C)(C)Oc2ccc(C(F)(F)F)cn2)c1. The predicted octanol–water partition coefficient (Wildman–Crippen LogP) is 6.25. The first-order valence-corrected chi connectivity index (χ1v) is 15.5. The Morgan fingerprint density at radius 2 is 1.53 bits per heavy atom. The normalized spacial score (nSPS) is 13.1. The first-order chi connectivity index (χ1) is 22.4. The second-order valence-electron chi connectivity index (χ2n) is 11.3. The molecule has 0 spiro atoms. The van der Waals surface area contributed by atoms with E-state index in [9.17, 15) is 18.0 Å². The lowest BCUT2D eigenvalue weighted by Gasteiger charge is -2.31. The Morgan fingerprint density at radius 1 is 0.872 bits per heavy atom. The first-order valence-electron chi connectivity index (χ1n) is 15.5. The molecule has 0 aliphatic rings. The minimum absolute atomic E-state index is 0.0940. The van der Waals surface area contributed by atoms with Gasteiger partial charge in [-0.25, -0.2) is 4.98 Å². The third-order valence-electron chi connectivity index (χ3n) is 7.28. The molecule has 2 unspecified atom stereocenters. The minimum atomic E-state index is -4.53. The summed E-state index contributed by atoms with van der Waals surface area (Å²) in [6.07, 6.45) is -3.26. The summed E-state index contributed by atoms with van der Waals surface area (Å²) in [5.74, 6) is 0.675. The number of aromatic nitrogens is 1. The van der Waals surface area contributed by atoms with Crippen LogP contribution in [0.3, 0.4) is 0 Å². The quantitative estimate of drug-likeness (QED) is 0.142. The highest BCUT2D eigenvalue weighted by molar-refractivity contribution is 5.85. The van der Waals surface area contributed by atoms with Crippen LogP contribution in [0.5, 0.6) is 17.4 Å². The first kappa shape index (κ1) is 37.6. The molecule has 3 rings (SSSR count). The largest absolute Gasteiger partial charge is 0.497 e. The molecule has 0 aliphatic carbocycles. The fourth-order valence-electron chi connectivity index (χ4n) is 4.63. The zero-order valence-corrected chi connectivity index (χ0v) is 27.6. The lowest BCUT2D eigenvalue weighted by Crippen LogP contribution is -2.51. The molecule has 0 saturated carbocycles. The van der Waals surface area contributed by atoms with Crippen molar-refractivity contribution in [1.82, 2.24) is 10.3 Å². The number of amides is 1. The van der Waals surface area contributed by atoms with Crippen LogP contribution in [0, 0.1) is 0 Å². The van der Waals surface area contributed by atoms with E-state index >= 15 is 0 Å². The average molecular weight is 663 g/mol. The van der Waals surface area contributed by atoms with E-state index in [0.717, 1.165) is 29.0 Å². The molecule has 1 aromatic heterocycles. The maximum absolute atomic E-state index is 13.4. The van der Waals surface area contributed by atoms with Crippen molar-refractivity contribution >= 4 is 5.91 Å². The van der Waals surface area contributed by atoms with Gasteiger partial charge in [0.25, 0.3) is 5.91 Å². The van der Waals surface area contributed by atoms with Crippen molar-refractivity contribution in [3.63, 3.8) is 0 Å². The zero-order valence-electron chi connectivity index (χ0n) is 27.6. The zero-order chi connectivity index (χ0) is 34.3. The number of carbonyl (C=O) groups is 1. The van der Waals surface area contributed by atoms with Crippen LogP contribution in [0.25, 0.3) is 0 Å². The van der Waals surface area contributed by atoms with E-state index in [2.05, 4.69) is 10.3 Å². The number of hydrogen-bond donors (Lipinski definition) is 1. The Labute approximate surface area is 274 Å². The summed E-state index contributed by atoms with van der Waals surface area (Å²) in [7, 11) is 1.60. The Kier molecular flexibility index (Phi) is 14.8. The number of nitrogens with one attached hydrogen (secondary N) is 1. The molecule has 1 amide bonds. The molecule has 2 aromatic carbocycles. The van der Waals surface area contributed by atoms with Crippen LogP contribution >= 0.6 is 0 Å². The number of halogens is 3. The minimum Gasteiger partial charge on any atom is -0.497 e. The molecule has 3 aromatic rings. The number of pyridine rings is 1. The van der Waals surface area contributed by atoms with Gasteiger partial charge in [-0.2, -0.15) is 13.2 Å². The van der Waals surface area contributed by atoms with Crippen molar-refractivity contribution in [1.29, 1.82) is 0 Å². The molecule has 0 saturated heterocycles. The maximum Gasteiger partial charge on any atom is 0.417 e. The predicted molar refractivity (Wildman–Crippen MR) is 171 cm³/mol. The summed E-state index contributed by atoms with van der Waals surface area (Å²) in [4.78, 5) is 17.2. The van der Waals surface area contributed by atoms with Gasteiger partial charge in [0, 0.05) is 30.8 Å². The van der Waals surface area contributed by atoms with E-state index < -0.39 is 23.2 Å². The number of carbonyl (C=O) groups excluding carboxylic acids is 1. The van der Waals surface area contributed by atoms with Gasteiger partial charge < -0.3 is 33.7 Å². The molecular weight excluding hydrogens is 617 g/mol. The van der Waals surface area contributed by atoms with Crippen molar-refractivity contribution in [2.45, 2.75) is 57.9 Å². The monoisotopic (exact) mass is 662 g/mol. The van der Waals surface area contributed by atoms with E-state index in [1.54, 1.807) is 7.11 Å². The van der Waals surface area contributed by atoms with Gasteiger partial charge in [0.05, 0.1) is 45.7 Å². The average Bonchev–Trinajstić information content (AvgIpc) is 3.04. The van der Waals surface area contributed by atoms with Gasteiger partial charge in [0.2, 0.25) is 5.88 Å². The highest BCUT2D eigenvalue weighted by Gasteiger charge is 2.35. The lowest BCUT2D eigenvalue weighted by molar-refractivity contribution is -0.138. The van der Waals surface area contributed by atoms with Crippen LogP contribution < -0.4 is 19.5 Å². The molecule has 1 N–H and O–H groups in total. The Balaban J connectivity index is 1.66. The molecular formula is C35H45F3N2O7. The van der Waals surface area contributed by atoms with Gasteiger partial charge in [-0.3, -0.25) is 4.79 Å². The maximum atomic E-state index is 13.4. The molecule has 258 valence electrons. The highest BCUT2D eigenvalue weighted by Crippen LogP contribution is 2.31. The van der Waals surface area contributed by atoms with Gasteiger partial charge in [-0.05, 0) is 75.6 Å². The van der Waals surface area contributed by atoms with Gasteiger partial charge in [0.15, 0.2) is 5.60 Å². The van der Waals surface area contributed by atoms with E-state index in [1.165, 1.54) is 13.8 Å². The highest BCUT2D eigenvalue weighted by atomic mass is 19.4. The number of rotatable bonds is 20. The second-order valence-corrected chi connectivity index (χ2v) is 11.3. The van der Waals surface area contributed by atoms with Crippen LogP contribution in [0.15, 0.2) is 66.9 Å². The molecule has 0 radical (unpaired) electrons. The topological polar surface area (TPSA) is 97.4 Å². The molecule has 12 heteroatoms. The van der Waals surface area contributed by atoms with Crippen molar-refractivity contribution in [3.05, 3.63) is 83.6 Å². The summed E-state index contributed by atoms with van der Waals surface area (Å²) in [5.41, 5.74) is -0.354. The lowest BCUT2D eigenvalue weighted by atomic mass is 9.86. The van der Waals surface area contributed by atoms with Gasteiger partial charge in [-0.15, -0.1) is 0 Å². The van der Waals surface area contributed by atoms with E-state index in [1.807, 2.05) is 62.4 Å². The van der Waals surface area contributed by atoms with Gasteiger partial charge >= 0.3 is 6.18 Å². The standard InChI is InChI=1S/C35H45F3N2O7/c1-6-43-16-17-44-18-19-45-20-21-46-30-9-7-8-27(23-30)31(22-26-10-13-29(42-5)14-11-26)25(2)40-33(41)34(3,4)47-32-15-12-28(24-39-32)35(36,37)38/h7-15,23-25,31H,6,16-22H2,1-5H3,(H,40,41). The van der Waals surface area contributed by atoms with Crippen LogP contribution in [-0.2, 0) is 31.6 Å². The fraction of sp³-hybridized carbons (Fsp3) is 0.486. The number of methoxy groups -OCH3 is 1. The molecule has 2 atom stereocenters. The molecule has 0 aliphatic heterocycles. The van der Waals surface area contributed by atoms with Crippen molar-refractivity contribution in [2.24, 2.45) is 0 Å². The number of alkyl halides is 3. The van der Waals surface area contributed by atoms with Crippen LogP contribution in [-0.4, -0.2) is 75.9 Å². The molecule has 0 fully saturated rings. The van der Waals surface area contributed by atoms with Crippen LogP contribution in [0.2, 0.25) is 0 Å². The van der Waals surface area contributed by atoms with Crippen molar-refractivity contribution in [3.8, 4) is 17.4 Å². The molecule has 0 bridgehead atoms. The summed E-state index contributed by atoms with van der Waals surface area (Å²) in [6.45, 7) is 10.3. The van der Waals surface area contributed by atoms with E-state index in [4.69, 9.17) is 28.4 Å². The van der Waals surface area contributed by atoms with Crippen molar-refractivity contribution < 1.29 is 46.4 Å². The van der Waals surface area contributed by atoms with Crippen LogP contribution in [0.4, 0.5) is 13.2 Å². The molecule has 47 heavy (non-hydrogen) atoms.